The maximum Gasteiger partial charge on any atom is 0.573 e. The number of nitrogens with one attached hydrogen (secondary N) is 1. The summed E-state index contributed by atoms with van der Waals surface area (Å²) < 4.78 is 86.7. The third-order valence-corrected chi connectivity index (χ3v) is 8.14. The summed E-state index contributed by atoms with van der Waals surface area (Å²) in [6.45, 7) is 11.4. The number of anilines is 2. The number of hydrogen-bond acceptors (Lipinski definition) is 9. The van der Waals surface area contributed by atoms with Crippen molar-refractivity contribution >= 4 is 28.2 Å². The van der Waals surface area contributed by atoms with Crippen LogP contribution in [-0.2, 0) is 9.53 Å². The maximum absolute atomic E-state index is 16.5. The minimum absolute atomic E-state index is 0.00858. The van der Waals surface area contributed by atoms with Crippen LogP contribution in [0.2, 0.25) is 0 Å². The quantitative estimate of drug-likeness (QED) is 0.317. The fraction of sp³-hybridized carbons (Fsp3) is 0.500. The van der Waals surface area contributed by atoms with Crippen molar-refractivity contribution in [2.24, 2.45) is 0 Å². The third kappa shape index (κ3) is 6.02. The Labute approximate surface area is 256 Å². The van der Waals surface area contributed by atoms with Gasteiger partial charge in [0, 0.05) is 49.0 Å². The highest BCUT2D eigenvalue weighted by Gasteiger charge is 2.42. The van der Waals surface area contributed by atoms with Gasteiger partial charge in [0.05, 0.1) is 30.2 Å². The first-order valence-electron chi connectivity index (χ1n) is 14.7. The normalized spacial score (nSPS) is 21.3. The molecule has 3 N–H and O–H groups in total. The zero-order chi connectivity index (χ0) is 32.8. The number of ether oxygens (including phenoxy) is 3. The van der Waals surface area contributed by atoms with Crippen molar-refractivity contribution in [3.8, 4) is 22.9 Å². The van der Waals surface area contributed by atoms with Crippen LogP contribution in [0.3, 0.4) is 0 Å². The molecular formula is C30H35F5N6O4. The molecule has 0 bridgehead atoms. The number of aromatic nitrogens is 2. The predicted octanol–water partition coefficient (Wildman–Crippen LogP) is 4.49. The lowest BCUT2D eigenvalue weighted by molar-refractivity contribution is -0.275. The number of hydrogen-bond donors (Lipinski definition) is 2. The predicted molar refractivity (Wildman–Crippen MR) is 157 cm³/mol. The van der Waals surface area contributed by atoms with E-state index >= 15 is 4.39 Å². The van der Waals surface area contributed by atoms with Gasteiger partial charge in [0.2, 0.25) is 11.8 Å². The van der Waals surface area contributed by atoms with Gasteiger partial charge < -0.3 is 35.1 Å². The first-order chi connectivity index (χ1) is 21.3. The highest BCUT2D eigenvalue weighted by molar-refractivity contribution is 6.02. The Morgan fingerprint density at radius 2 is 1.80 bits per heavy atom. The molecule has 3 aromatic rings. The molecule has 244 valence electrons. The minimum Gasteiger partial charge on any atom is -0.472 e. The molecule has 0 spiro atoms. The van der Waals surface area contributed by atoms with Gasteiger partial charge in [0.15, 0.2) is 17.4 Å². The van der Waals surface area contributed by atoms with E-state index in [4.69, 9.17) is 20.2 Å². The molecule has 3 aliphatic rings. The monoisotopic (exact) mass is 638 g/mol. The summed E-state index contributed by atoms with van der Waals surface area (Å²) in [7, 11) is 0. The zero-order valence-electron chi connectivity index (χ0n) is 25.5. The Kier molecular flexibility index (Phi) is 8.95. The largest absolute Gasteiger partial charge is 0.573 e. The van der Waals surface area contributed by atoms with Gasteiger partial charge in [-0.3, -0.25) is 4.79 Å². The van der Waals surface area contributed by atoms with Crippen molar-refractivity contribution < 1.29 is 41.0 Å². The van der Waals surface area contributed by atoms with Crippen LogP contribution in [0.1, 0.15) is 32.0 Å². The van der Waals surface area contributed by atoms with E-state index < -0.39 is 47.1 Å². The molecule has 0 saturated carbocycles. The number of carbonyl (C=O) groups excluding carboxylic acids is 1. The highest BCUT2D eigenvalue weighted by atomic mass is 19.4. The number of nitrogens with two attached hydrogens (primary N) is 1. The number of pyridine rings is 2. The first-order valence-corrected chi connectivity index (χ1v) is 14.7. The molecule has 1 aromatic carbocycles. The molecule has 10 nitrogen and oxygen atoms in total. The maximum atomic E-state index is 16.5. The third-order valence-electron chi connectivity index (χ3n) is 8.14. The Morgan fingerprint density at radius 3 is 2.47 bits per heavy atom. The van der Waals surface area contributed by atoms with Gasteiger partial charge >= 0.3 is 6.36 Å². The first kappa shape index (κ1) is 32.4. The molecule has 0 aliphatic carbocycles. The van der Waals surface area contributed by atoms with Crippen molar-refractivity contribution in [2.75, 3.05) is 50.0 Å². The molecule has 3 aliphatic heterocycles. The molecule has 6 rings (SSSR count). The van der Waals surface area contributed by atoms with Gasteiger partial charge in [-0.1, -0.05) is 13.8 Å². The average molecular weight is 639 g/mol. The van der Waals surface area contributed by atoms with Crippen molar-refractivity contribution in [2.45, 2.75) is 59.2 Å². The van der Waals surface area contributed by atoms with Crippen LogP contribution >= 0.6 is 0 Å². The Hall–Kier alpha value is -3.98. The smallest absolute Gasteiger partial charge is 0.472 e. The fourth-order valence-electron chi connectivity index (χ4n) is 5.92. The Bertz CT molecular complexity index is 1610. The summed E-state index contributed by atoms with van der Waals surface area (Å²) in [5.41, 5.74) is 5.06. The van der Waals surface area contributed by atoms with Crippen LogP contribution in [0, 0.1) is 25.5 Å². The van der Waals surface area contributed by atoms with Crippen LogP contribution in [0.15, 0.2) is 12.1 Å². The van der Waals surface area contributed by atoms with Crippen LogP contribution in [0.4, 0.5) is 33.5 Å². The van der Waals surface area contributed by atoms with Crippen molar-refractivity contribution in [1.82, 2.24) is 20.2 Å². The minimum atomic E-state index is -5.27. The second-order valence-corrected chi connectivity index (χ2v) is 10.8. The molecule has 3 atom stereocenters. The summed E-state index contributed by atoms with van der Waals surface area (Å²) in [6, 6.07) is 0.666. The Balaban J connectivity index is 0.00000196. The van der Waals surface area contributed by atoms with E-state index in [9.17, 15) is 22.4 Å². The molecule has 5 heterocycles. The average Bonchev–Trinajstić information content (AvgIpc) is 3.12. The SMILES string of the molecule is CC.Cc1nc2c3c(nc(-c4cc(N)cc(F)c4OC(F)(F)F)c(F)c3c1C)OC(C)C1CNC(C(=O)N3CCOCC3)CN21. The molecule has 2 fully saturated rings. The summed E-state index contributed by atoms with van der Waals surface area (Å²) in [5, 5.41) is 3.48. The van der Waals surface area contributed by atoms with E-state index in [-0.39, 0.29) is 40.8 Å². The van der Waals surface area contributed by atoms with E-state index in [1.807, 2.05) is 18.7 Å². The molecule has 15 heteroatoms. The topological polar surface area (TPSA) is 115 Å². The number of rotatable bonds is 3. The summed E-state index contributed by atoms with van der Waals surface area (Å²) >= 11 is 0. The summed E-state index contributed by atoms with van der Waals surface area (Å²) in [6.07, 6.45) is -5.86. The number of carbonyl (C=O) groups is 1. The van der Waals surface area contributed by atoms with Gasteiger partial charge in [0.25, 0.3) is 0 Å². The number of piperazine rings is 1. The van der Waals surface area contributed by atoms with Gasteiger partial charge in [-0.05, 0) is 32.4 Å². The number of morpholine rings is 1. The van der Waals surface area contributed by atoms with Crippen LogP contribution in [-0.4, -0.2) is 84.7 Å². The van der Waals surface area contributed by atoms with Crippen LogP contribution in [0.5, 0.6) is 11.6 Å². The molecule has 3 unspecified atom stereocenters. The lowest BCUT2D eigenvalue weighted by Crippen LogP contribution is -2.65. The van der Waals surface area contributed by atoms with E-state index in [1.54, 1.807) is 25.7 Å². The van der Waals surface area contributed by atoms with E-state index in [0.29, 0.717) is 56.0 Å². The second-order valence-electron chi connectivity index (χ2n) is 10.8. The van der Waals surface area contributed by atoms with E-state index in [1.165, 1.54) is 0 Å². The standard InChI is InChI=1S/C28H29F5N6O4.C2H6/c1-12-13(2)36-25-21-20(12)22(30)23(16-8-15(34)9-17(29)24(16)43-28(31,32)33)37-26(21)42-14(3)19-10-35-18(11-39(19)25)27(40)38-4-6-41-7-5-38;1-2/h8-9,14,18-19,35H,4-7,10-11,34H2,1-3H3;1-2H3. The van der Waals surface area contributed by atoms with E-state index in [0.717, 1.165) is 6.07 Å². The van der Waals surface area contributed by atoms with Crippen molar-refractivity contribution in [3.05, 3.63) is 35.0 Å². The van der Waals surface area contributed by atoms with Gasteiger partial charge in [-0.15, -0.1) is 13.2 Å². The molecule has 2 saturated heterocycles. The highest BCUT2D eigenvalue weighted by Crippen LogP contribution is 2.46. The van der Waals surface area contributed by atoms with Gasteiger partial charge in [0.1, 0.15) is 23.7 Å². The van der Waals surface area contributed by atoms with Gasteiger partial charge in [-0.2, -0.15) is 0 Å². The Morgan fingerprint density at radius 1 is 1.11 bits per heavy atom. The molecule has 0 radical (unpaired) electrons. The van der Waals surface area contributed by atoms with Crippen LogP contribution < -0.4 is 25.4 Å². The second kappa shape index (κ2) is 12.4. The number of halogens is 5. The van der Waals surface area contributed by atoms with Crippen LogP contribution in [0.25, 0.3) is 22.0 Å². The number of fused-ring (bicyclic) bond motifs is 2. The van der Waals surface area contributed by atoms with Gasteiger partial charge in [-0.25, -0.2) is 18.7 Å². The number of aryl methyl sites for hydroxylation is 2. The molecule has 2 aromatic heterocycles. The number of nitrogens with zero attached hydrogens (tertiary/aromatic N) is 4. The number of benzene rings is 1. The molecule has 1 amide bonds. The number of nitrogen functional groups attached to an aromatic ring is 1. The summed E-state index contributed by atoms with van der Waals surface area (Å²) in [4.78, 5) is 26.1. The fourth-order valence-corrected chi connectivity index (χ4v) is 5.92. The lowest BCUT2D eigenvalue weighted by atomic mass is 9.99. The molecular weight excluding hydrogens is 603 g/mol. The van der Waals surface area contributed by atoms with Crippen molar-refractivity contribution in [3.63, 3.8) is 0 Å². The lowest BCUT2D eigenvalue weighted by Gasteiger charge is -2.43. The molecule has 45 heavy (non-hydrogen) atoms. The zero-order valence-corrected chi connectivity index (χ0v) is 25.5. The number of amides is 1. The number of alkyl halides is 3. The van der Waals surface area contributed by atoms with E-state index in [2.05, 4.69) is 15.0 Å². The van der Waals surface area contributed by atoms with Crippen molar-refractivity contribution in [1.29, 1.82) is 0 Å². The summed E-state index contributed by atoms with van der Waals surface area (Å²) in [5.74, 6) is -3.60.